The summed E-state index contributed by atoms with van der Waals surface area (Å²) in [6.45, 7) is 0.798. The fraction of sp³-hybridized carbons (Fsp3) is 0.533. The molecule has 4 nitrogen and oxygen atoms in total. The van der Waals surface area contributed by atoms with Crippen molar-refractivity contribution in [3.8, 4) is 11.5 Å². The second-order valence-electron chi connectivity index (χ2n) is 5.23. The third-order valence-corrected chi connectivity index (χ3v) is 3.59. The molecule has 0 fully saturated rings. The third-order valence-electron chi connectivity index (χ3n) is 3.59. The van der Waals surface area contributed by atoms with E-state index in [1.807, 2.05) is 26.2 Å². The molecule has 0 bridgehead atoms. The van der Waals surface area contributed by atoms with Gasteiger partial charge in [-0.1, -0.05) is 0 Å². The summed E-state index contributed by atoms with van der Waals surface area (Å²) in [5, 5.41) is 0. The fourth-order valence-corrected chi connectivity index (χ4v) is 2.65. The predicted molar refractivity (Wildman–Crippen MR) is 74.2 cm³/mol. The summed E-state index contributed by atoms with van der Waals surface area (Å²) in [6, 6.07) is 3.75. The summed E-state index contributed by atoms with van der Waals surface area (Å²) in [5.41, 5.74) is 1.86. The smallest absolute Gasteiger partial charge is 0.167 e. The molecule has 1 unspecified atom stereocenters. The monoisotopic (exact) mass is 298 g/mol. The Balaban J connectivity index is 0.00000200. The van der Waals surface area contributed by atoms with Crippen LogP contribution in [0.5, 0.6) is 11.5 Å². The molecule has 0 saturated heterocycles. The van der Waals surface area contributed by atoms with Crippen molar-refractivity contribution in [2.75, 3.05) is 34.9 Å². The molecule has 0 saturated carbocycles. The Kier molecular flexibility index (Phi) is 5.84. The zero-order valence-electron chi connectivity index (χ0n) is 12.4. The van der Waals surface area contributed by atoms with Gasteiger partial charge in [0.1, 0.15) is 0 Å². The van der Waals surface area contributed by atoms with Crippen LogP contribution >= 0.6 is 0 Å². The van der Waals surface area contributed by atoms with Gasteiger partial charge in [0, 0.05) is 18.0 Å². The van der Waals surface area contributed by atoms with Crippen LogP contribution in [0.2, 0.25) is 0 Å². The molecule has 0 aliphatic heterocycles. The molecule has 0 spiro atoms. The van der Waals surface area contributed by atoms with Crippen LogP contribution in [0.4, 0.5) is 0 Å². The molecule has 0 amide bonds. The number of ether oxygens (including phenoxy) is 2. The highest BCUT2D eigenvalue weighted by Crippen LogP contribution is 2.35. The maximum absolute atomic E-state index is 12.5. The van der Waals surface area contributed by atoms with Gasteiger partial charge in [-0.05, 0) is 44.6 Å². The number of aryl methyl sites for hydroxylation is 1. The molecule has 112 valence electrons. The Morgan fingerprint density at radius 3 is 2.35 bits per heavy atom. The van der Waals surface area contributed by atoms with Crippen LogP contribution in [0.3, 0.4) is 0 Å². The Morgan fingerprint density at radius 2 is 1.80 bits per heavy atom. The zero-order chi connectivity index (χ0) is 14.0. The highest BCUT2D eigenvalue weighted by Gasteiger charge is 2.29. The van der Waals surface area contributed by atoms with E-state index >= 15 is 0 Å². The first-order valence-corrected chi connectivity index (χ1v) is 6.50. The highest BCUT2D eigenvalue weighted by atomic mass is 35.5. The Labute approximate surface area is 126 Å². The maximum Gasteiger partial charge on any atom is 0.167 e. The molecule has 1 aliphatic rings. The van der Waals surface area contributed by atoms with Crippen molar-refractivity contribution in [2.24, 2.45) is 5.92 Å². The van der Waals surface area contributed by atoms with Gasteiger partial charge in [-0.3, -0.25) is 4.79 Å². The minimum atomic E-state index is 0. The van der Waals surface area contributed by atoms with Gasteiger partial charge in [0.25, 0.3) is 0 Å². The summed E-state index contributed by atoms with van der Waals surface area (Å²) in [5.74, 6) is 1.62. The Hall–Kier alpha value is -1.26. The van der Waals surface area contributed by atoms with Crippen LogP contribution in [-0.2, 0) is 6.42 Å². The second kappa shape index (κ2) is 6.95. The van der Waals surface area contributed by atoms with Gasteiger partial charge in [0.05, 0.1) is 14.2 Å². The van der Waals surface area contributed by atoms with Gasteiger partial charge in [0.2, 0.25) is 0 Å². The highest BCUT2D eigenvalue weighted by molar-refractivity contribution is 6.01. The van der Waals surface area contributed by atoms with E-state index in [1.54, 1.807) is 14.2 Å². The van der Waals surface area contributed by atoms with Crippen LogP contribution < -0.4 is 21.9 Å². The van der Waals surface area contributed by atoms with Crippen LogP contribution in [0.15, 0.2) is 12.1 Å². The standard InChI is InChI=1S/C15H21NO3.ClH/c1-16(2)9-11-6-5-10-7-13(18-3)14(19-4)8-12(10)15(11)17;/h7-8,11H,5-6,9H2,1-4H3;1H/p-1. The molecule has 0 radical (unpaired) electrons. The molecule has 1 aromatic rings. The molecular weight excluding hydrogens is 278 g/mol. The van der Waals surface area contributed by atoms with Crippen molar-refractivity contribution >= 4 is 5.78 Å². The van der Waals surface area contributed by atoms with E-state index in [0.717, 1.165) is 30.5 Å². The largest absolute Gasteiger partial charge is 1.00 e. The number of carbonyl (C=O) groups is 1. The molecule has 0 N–H and O–H groups in total. The van der Waals surface area contributed by atoms with Crippen LogP contribution in [-0.4, -0.2) is 45.5 Å². The van der Waals surface area contributed by atoms with Gasteiger partial charge in [-0.2, -0.15) is 0 Å². The fourth-order valence-electron chi connectivity index (χ4n) is 2.65. The van der Waals surface area contributed by atoms with E-state index in [1.165, 1.54) is 0 Å². The average molecular weight is 299 g/mol. The number of Topliss-reactive ketones (excluding diaryl/α,β-unsaturated/α-hetero) is 1. The summed E-state index contributed by atoms with van der Waals surface area (Å²) in [7, 11) is 7.20. The van der Waals surface area contributed by atoms with Crippen molar-refractivity contribution in [1.29, 1.82) is 0 Å². The topological polar surface area (TPSA) is 38.8 Å². The van der Waals surface area contributed by atoms with Crippen LogP contribution in [0.25, 0.3) is 0 Å². The lowest BCUT2D eigenvalue weighted by Crippen LogP contribution is -3.00. The number of methoxy groups -OCH3 is 2. The van der Waals surface area contributed by atoms with Gasteiger partial charge in [-0.15, -0.1) is 0 Å². The van der Waals surface area contributed by atoms with Gasteiger partial charge in [-0.25, -0.2) is 0 Å². The number of benzene rings is 1. The van der Waals surface area contributed by atoms with Crippen LogP contribution in [0.1, 0.15) is 22.3 Å². The summed E-state index contributed by atoms with van der Waals surface area (Å²) in [4.78, 5) is 14.6. The molecule has 20 heavy (non-hydrogen) atoms. The maximum atomic E-state index is 12.5. The zero-order valence-corrected chi connectivity index (χ0v) is 13.2. The van der Waals surface area contributed by atoms with E-state index < -0.39 is 0 Å². The van der Waals surface area contributed by atoms with Crippen LogP contribution in [0, 0.1) is 5.92 Å². The van der Waals surface area contributed by atoms with Crippen molar-refractivity contribution in [3.05, 3.63) is 23.3 Å². The molecule has 2 rings (SSSR count). The van der Waals surface area contributed by atoms with Gasteiger partial charge >= 0.3 is 0 Å². The minimum Gasteiger partial charge on any atom is -1.00 e. The van der Waals surface area contributed by atoms with E-state index in [0.29, 0.717) is 11.5 Å². The van der Waals surface area contributed by atoms with Gasteiger partial charge < -0.3 is 26.8 Å². The summed E-state index contributed by atoms with van der Waals surface area (Å²) in [6.07, 6.45) is 1.82. The number of ketones is 1. The molecule has 1 aliphatic carbocycles. The summed E-state index contributed by atoms with van der Waals surface area (Å²) >= 11 is 0. The summed E-state index contributed by atoms with van der Waals surface area (Å²) < 4.78 is 10.6. The normalized spacial score (nSPS) is 17.4. The second-order valence-corrected chi connectivity index (χ2v) is 5.23. The molecule has 5 heteroatoms. The molecule has 0 aromatic heterocycles. The minimum absolute atomic E-state index is 0. The molecule has 1 aromatic carbocycles. The van der Waals surface area contributed by atoms with Crippen molar-refractivity contribution in [2.45, 2.75) is 12.8 Å². The average Bonchev–Trinajstić information content (AvgIpc) is 2.40. The first-order valence-electron chi connectivity index (χ1n) is 6.50. The van der Waals surface area contributed by atoms with E-state index in [-0.39, 0.29) is 24.1 Å². The number of halogens is 1. The van der Waals surface area contributed by atoms with E-state index in [4.69, 9.17) is 9.47 Å². The molecular formula is C15H21ClNO3-. The molecule has 1 atom stereocenters. The first-order chi connectivity index (χ1) is 9.06. The SMILES string of the molecule is COc1cc2c(cc1OC)C(=O)C(CN(C)C)CC2.[Cl-]. The lowest BCUT2D eigenvalue weighted by Gasteiger charge is -2.26. The quantitative estimate of drug-likeness (QED) is 0.716. The third kappa shape index (κ3) is 3.25. The number of hydrogen-bond acceptors (Lipinski definition) is 4. The van der Waals surface area contributed by atoms with Gasteiger partial charge in [0.15, 0.2) is 17.3 Å². The van der Waals surface area contributed by atoms with E-state index in [9.17, 15) is 4.79 Å². The number of fused-ring (bicyclic) bond motifs is 1. The number of rotatable bonds is 4. The lowest BCUT2D eigenvalue weighted by molar-refractivity contribution is -0.0000127. The van der Waals surface area contributed by atoms with Crippen molar-refractivity contribution in [3.63, 3.8) is 0 Å². The number of nitrogens with zero attached hydrogens (tertiary/aromatic N) is 1. The molecule has 0 heterocycles. The lowest BCUT2D eigenvalue weighted by atomic mass is 9.82. The Bertz CT molecular complexity index is 488. The van der Waals surface area contributed by atoms with E-state index in [2.05, 4.69) is 4.90 Å². The number of carbonyl (C=O) groups excluding carboxylic acids is 1. The first kappa shape index (κ1) is 16.8. The van der Waals surface area contributed by atoms with Crippen molar-refractivity contribution < 1.29 is 26.7 Å². The van der Waals surface area contributed by atoms with Crippen molar-refractivity contribution in [1.82, 2.24) is 4.90 Å². The number of hydrogen-bond donors (Lipinski definition) is 0. The Morgan fingerprint density at radius 1 is 1.20 bits per heavy atom. The predicted octanol–water partition coefficient (Wildman–Crippen LogP) is -0.985.